The number of hydrogen-bond donors (Lipinski definition) is 1. The average Bonchev–Trinajstić information content (AvgIpc) is 2.89. The van der Waals surface area contributed by atoms with Crippen molar-refractivity contribution in [3.8, 4) is 0 Å². The summed E-state index contributed by atoms with van der Waals surface area (Å²) in [4.78, 5) is 11.3. The molecule has 1 fully saturated rings. The molecule has 0 aliphatic heterocycles. The number of rotatable bonds is 3. The van der Waals surface area contributed by atoms with Gasteiger partial charge in [-0.15, -0.1) is 0 Å². The monoisotopic (exact) mass is 204 g/mol. The molecule has 2 rings (SSSR count). The van der Waals surface area contributed by atoms with E-state index >= 15 is 0 Å². The zero-order chi connectivity index (χ0) is 11.1. The van der Waals surface area contributed by atoms with E-state index in [4.69, 9.17) is 0 Å². The van der Waals surface area contributed by atoms with Crippen LogP contribution in [0.15, 0.2) is 30.3 Å². The van der Waals surface area contributed by atoms with E-state index < -0.39 is 11.4 Å². The summed E-state index contributed by atoms with van der Waals surface area (Å²) < 4.78 is 0. The van der Waals surface area contributed by atoms with Crippen molar-refractivity contribution in [2.24, 2.45) is 5.41 Å². The Morgan fingerprint density at radius 3 is 2.40 bits per heavy atom. The van der Waals surface area contributed by atoms with Crippen LogP contribution in [-0.2, 0) is 10.2 Å². The van der Waals surface area contributed by atoms with Gasteiger partial charge in [0.15, 0.2) is 0 Å². The highest BCUT2D eigenvalue weighted by Gasteiger charge is 2.68. The quantitative estimate of drug-likeness (QED) is 0.822. The molecular formula is C13H16O2. The fourth-order valence-electron chi connectivity index (χ4n) is 2.72. The van der Waals surface area contributed by atoms with E-state index in [0.717, 1.165) is 12.0 Å². The summed E-state index contributed by atoms with van der Waals surface area (Å²) >= 11 is 0. The maximum atomic E-state index is 11.3. The van der Waals surface area contributed by atoms with Gasteiger partial charge in [0.05, 0.1) is 5.41 Å². The molecule has 15 heavy (non-hydrogen) atoms. The first-order chi connectivity index (χ1) is 7.07. The average molecular weight is 204 g/mol. The van der Waals surface area contributed by atoms with E-state index in [-0.39, 0.29) is 5.41 Å². The van der Waals surface area contributed by atoms with Crippen molar-refractivity contribution in [3.63, 3.8) is 0 Å². The fourth-order valence-corrected chi connectivity index (χ4v) is 2.72. The summed E-state index contributed by atoms with van der Waals surface area (Å²) in [6.45, 7) is 4.02. The zero-order valence-electron chi connectivity index (χ0n) is 9.16. The molecule has 0 amide bonds. The summed E-state index contributed by atoms with van der Waals surface area (Å²) in [7, 11) is 0. The van der Waals surface area contributed by atoms with E-state index in [1.165, 1.54) is 0 Å². The lowest BCUT2D eigenvalue weighted by atomic mass is 9.86. The number of carbonyl (C=O) groups is 1. The first-order valence-corrected chi connectivity index (χ1v) is 5.36. The summed E-state index contributed by atoms with van der Waals surface area (Å²) in [5.41, 5.74) is 0.442. The minimum atomic E-state index is -0.656. The standard InChI is InChI=1S/C13H16O2/c1-3-13(11(14)15)9-12(13,2)10-7-5-4-6-8-10/h4-8H,3,9H2,1-2H3,(H,14,15). The largest absolute Gasteiger partial charge is 0.481 e. The van der Waals surface area contributed by atoms with Crippen LogP contribution in [0.25, 0.3) is 0 Å². The smallest absolute Gasteiger partial charge is 0.310 e. The molecule has 1 aromatic carbocycles. The van der Waals surface area contributed by atoms with Crippen molar-refractivity contribution in [2.75, 3.05) is 0 Å². The Balaban J connectivity index is 2.37. The van der Waals surface area contributed by atoms with Gasteiger partial charge in [-0.2, -0.15) is 0 Å². The van der Waals surface area contributed by atoms with Gasteiger partial charge >= 0.3 is 5.97 Å². The molecule has 0 bridgehead atoms. The molecule has 2 unspecified atom stereocenters. The number of aliphatic carboxylic acids is 1. The lowest BCUT2D eigenvalue weighted by Crippen LogP contribution is -2.23. The zero-order valence-corrected chi connectivity index (χ0v) is 9.16. The first-order valence-electron chi connectivity index (χ1n) is 5.36. The molecule has 0 heterocycles. The van der Waals surface area contributed by atoms with Crippen LogP contribution in [0.1, 0.15) is 32.3 Å². The van der Waals surface area contributed by atoms with E-state index in [1.54, 1.807) is 0 Å². The summed E-state index contributed by atoms with van der Waals surface area (Å²) in [6, 6.07) is 9.96. The molecule has 0 radical (unpaired) electrons. The second kappa shape index (κ2) is 3.09. The summed E-state index contributed by atoms with van der Waals surface area (Å²) in [6.07, 6.45) is 1.46. The Bertz CT molecular complexity index is 385. The Labute approximate surface area is 89.9 Å². The van der Waals surface area contributed by atoms with E-state index in [0.29, 0.717) is 6.42 Å². The number of benzene rings is 1. The minimum Gasteiger partial charge on any atom is -0.481 e. The number of hydrogen-bond acceptors (Lipinski definition) is 1. The van der Waals surface area contributed by atoms with Crippen LogP contribution >= 0.6 is 0 Å². The minimum absolute atomic E-state index is 0.172. The van der Waals surface area contributed by atoms with Gasteiger partial charge in [-0.25, -0.2) is 0 Å². The predicted octanol–water partition coefficient (Wildman–Crippen LogP) is 2.83. The van der Waals surface area contributed by atoms with Gasteiger partial charge in [-0.05, 0) is 18.4 Å². The molecule has 0 spiro atoms. The van der Waals surface area contributed by atoms with E-state index in [9.17, 15) is 9.90 Å². The molecule has 2 heteroatoms. The Morgan fingerprint density at radius 2 is 2.00 bits per heavy atom. The molecule has 1 aliphatic rings. The van der Waals surface area contributed by atoms with Crippen molar-refractivity contribution in [1.29, 1.82) is 0 Å². The molecule has 1 saturated carbocycles. The van der Waals surface area contributed by atoms with Crippen LogP contribution < -0.4 is 0 Å². The van der Waals surface area contributed by atoms with Gasteiger partial charge in [0, 0.05) is 5.41 Å². The Hall–Kier alpha value is -1.31. The van der Waals surface area contributed by atoms with Crippen LogP contribution in [0, 0.1) is 5.41 Å². The highest BCUT2D eigenvalue weighted by Crippen LogP contribution is 2.66. The molecule has 1 aromatic rings. The predicted molar refractivity (Wildman–Crippen MR) is 58.8 cm³/mol. The van der Waals surface area contributed by atoms with Crippen molar-refractivity contribution < 1.29 is 9.90 Å². The number of carboxylic acid groups (broad SMARTS) is 1. The molecule has 1 N–H and O–H groups in total. The molecular weight excluding hydrogens is 188 g/mol. The topological polar surface area (TPSA) is 37.3 Å². The lowest BCUT2D eigenvalue weighted by molar-refractivity contribution is -0.144. The third kappa shape index (κ3) is 1.21. The lowest BCUT2D eigenvalue weighted by Gasteiger charge is -2.17. The molecule has 2 nitrogen and oxygen atoms in total. The Kier molecular flexibility index (Phi) is 2.10. The molecule has 80 valence electrons. The van der Waals surface area contributed by atoms with E-state index in [1.807, 2.05) is 37.3 Å². The van der Waals surface area contributed by atoms with Crippen molar-refractivity contribution in [1.82, 2.24) is 0 Å². The first kappa shape index (κ1) is 10.2. The maximum Gasteiger partial charge on any atom is 0.310 e. The SMILES string of the molecule is CCC1(C(=O)O)CC1(C)c1ccccc1. The molecule has 1 aliphatic carbocycles. The number of carboxylic acids is 1. The van der Waals surface area contributed by atoms with Gasteiger partial charge in [0.1, 0.15) is 0 Å². The normalized spacial score (nSPS) is 33.7. The third-order valence-corrected chi connectivity index (χ3v) is 4.01. The van der Waals surface area contributed by atoms with Gasteiger partial charge in [-0.3, -0.25) is 4.79 Å². The molecule has 0 aromatic heterocycles. The summed E-state index contributed by atoms with van der Waals surface area (Å²) in [5.74, 6) is -0.656. The van der Waals surface area contributed by atoms with Gasteiger partial charge < -0.3 is 5.11 Å². The summed E-state index contributed by atoms with van der Waals surface area (Å²) in [5, 5.41) is 9.30. The molecule has 2 atom stereocenters. The van der Waals surface area contributed by atoms with Crippen LogP contribution in [0.3, 0.4) is 0 Å². The van der Waals surface area contributed by atoms with Crippen molar-refractivity contribution >= 4 is 5.97 Å². The van der Waals surface area contributed by atoms with Crippen LogP contribution in [0.5, 0.6) is 0 Å². The van der Waals surface area contributed by atoms with Crippen LogP contribution in [0.4, 0.5) is 0 Å². The van der Waals surface area contributed by atoms with Gasteiger partial charge in [0.2, 0.25) is 0 Å². The van der Waals surface area contributed by atoms with Crippen molar-refractivity contribution in [3.05, 3.63) is 35.9 Å². The van der Waals surface area contributed by atoms with Crippen LogP contribution in [0.2, 0.25) is 0 Å². The maximum absolute atomic E-state index is 11.3. The third-order valence-electron chi connectivity index (χ3n) is 4.01. The second-order valence-electron chi connectivity index (χ2n) is 4.62. The van der Waals surface area contributed by atoms with Crippen molar-refractivity contribution in [2.45, 2.75) is 32.1 Å². The highest BCUT2D eigenvalue weighted by molar-refractivity contribution is 5.82. The van der Waals surface area contributed by atoms with E-state index in [2.05, 4.69) is 6.92 Å². The molecule has 0 saturated heterocycles. The highest BCUT2D eigenvalue weighted by atomic mass is 16.4. The van der Waals surface area contributed by atoms with Gasteiger partial charge in [0.25, 0.3) is 0 Å². The Morgan fingerprint density at radius 1 is 1.40 bits per heavy atom. The fraction of sp³-hybridized carbons (Fsp3) is 0.462. The van der Waals surface area contributed by atoms with Gasteiger partial charge in [-0.1, -0.05) is 44.2 Å². The second-order valence-corrected chi connectivity index (χ2v) is 4.62. The van der Waals surface area contributed by atoms with Crippen LogP contribution in [-0.4, -0.2) is 11.1 Å².